The van der Waals surface area contributed by atoms with E-state index in [0.29, 0.717) is 0 Å². The van der Waals surface area contributed by atoms with Crippen LogP contribution in [0.5, 0.6) is 0 Å². The summed E-state index contributed by atoms with van der Waals surface area (Å²) in [7, 11) is 0. The van der Waals surface area contributed by atoms with Crippen molar-refractivity contribution in [1.82, 2.24) is 0 Å². The van der Waals surface area contributed by atoms with E-state index in [0.717, 1.165) is 0 Å². The van der Waals surface area contributed by atoms with Gasteiger partial charge in [-0.15, -0.1) is 0 Å². The molecule has 0 aromatic heterocycles. The van der Waals surface area contributed by atoms with E-state index in [1.165, 1.54) is 0 Å². The fourth-order valence-electron chi connectivity index (χ4n) is 1.31. The van der Waals surface area contributed by atoms with Crippen LogP contribution in [-0.4, -0.2) is 29.5 Å². The van der Waals surface area contributed by atoms with Gasteiger partial charge < -0.3 is 0 Å². The fourth-order valence-corrected chi connectivity index (χ4v) is 2.46. The Morgan fingerprint density at radius 3 is 1.10 bits per heavy atom. The first-order valence-corrected chi connectivity index (χ1v) is 4.99. The maximum atomic E-state index is 12.3. The average Bonchev–Trinajstić information content (AvgIpc) is 2.70. The van der Waals surface area contributed by atoms with Crippen molar-refractivity contribution in [3.63, 3.8) is 0 Å². The molecule has 1 saturated heterocycles. The monoisotopic (exact) mass is 344 g/mol. The van der Waals surface area contributed by atoms with E-state index in [-0.39, 0.29) is 0 Å². The van der Waals surface area contributed by atoms with Crippen molar-refractivity contribution in [2.45, 2.75) is 29.5 Å². The maximum Gasteiger partial charge on any atom is 0.422 e. The second kappa shape index (κ2) is 4.13. The minimum Gasteiger partial charge on any atom is -0.169 e. The zero-order valence-electron chi connectivity index (χ0n) is 8.44. The molecule has 118 valence electrons. The molecule has 0 aliphatic carbocycles. The van der Waals surface area contributed by atoms with Crippen molar-refractivity contribution in [3.05, 3.63) is 10.5 Å². The third kappa shape index (κ3) is 2.55. The lowest BCUT2D eigenvalue weighted by molar-refractivity contribution is -0.245. The van der Waals surface area contributed by atoms with E-state index in [4.69, 9.17) is 0 Å². The predicted octanol–water partition coefficient (Wildman–Crippen LogP) is 4.98. The molecule has 1 fully saturated rings. The molecule has 0 bridgehead atoms. The molecule has 0 N–H and O–H groups in total. The normalized spacial score (nSPS) is 20.1. The molecule has 1 heterocycles. The highest BCUT2D eigenvalue weighted by Gasteiger charge is 2.85. The third-order valence-corrected chi connectivity index (χ3v) is 3.61. The molecular formula is C7F12S. The maximum absolute atomic E-state index is 12.3. The molecule has 20 heavy (non-hydrogen) atoms. The Labute approximate surface area is 105 Å². The van der Waals surface area contributed by atoms with Gasteiger partial charge in [-0.25, -0.2) is 0 Å². The van der Waals surface area contributed by atoms with Crippen LogP contribution in [-0.2, 0) is 0 Å². The molecule has 13 heteroatoms. The van der Waals surface area contributed by atoms with Crippen molar-refractivity contribution < 1.29 is 52.7 Å². The van der Waals surface area contributed by atoms with Gasteiger partial charge in [0.25, 0.3) is 0 Å². The minimum atomic E-state index is -6.39. The summed E-state index contributed by atoms with van der Waals surface area (Å²) >= 11 is -1.55. The average molecular weight is 344 g/mol. The summed E-state index contributed by atoms with van der Waals surface area (Å²) in [5.74, 6) is 0. The topological polar surface area (TPSA) is 0 Å². The van der Waals surface area contributed by atoms with Crippen LogP contribution < -0.4 is 0 Å². The SMILES string of the molecule is FC(F)(F)C(=C1SC1(C(F)(F)F)C(F)(F)F)C(F)(F)F. The second-order valence-electron chi connectivity index (χ2n) is 3.48. The van der Waals surface area contributed by atoms with Crippen LogP contribution in [0.25, 0.3) is 0 Å². The number of allylic oxidation sites excluding steroid dienone is 1. The van der Waals surface area contributed by atoms with E-state index in [2.05, 4.69) is 0 Å². The molecule has 0 spiro atoms. The molecule has 0 radical (unpaired) electrons. The summed E-state index contributed by atoms with van der Waals surface area (Å²) in [5.41, 5.74) is -3.79. The minimum absolute atomic E-state index is 1.55. The lowest BCUT2D eigenvalue weighted by Crippen LogP contribution is -2.45. The summed E-state index contributed by atoms with van der Waals surface area (Å²) in [5, 5.41) is 0. The van der Waals surface area contributed by atoms with Gasteiger partial charge in [-0.1, -0.05) is 11.8 Å². The Hall–Kier alpha value is -0.750. The molecule has 0 aromatic carbocycles. The zero-order chi connectivity index (χ0) is 16.4. The number of hydrogen-bond acceptors (Lipinski definition) is 1. The first-order chi connectivity index (χ1) is 8.46. The number of alkyl halides is 12. The predicted molar refractivity (Wildman–Crippen MR) is 41.6 cm³/mol. The summed E-state index contributed by atoms with van der Waals surface area (Å²) in [6, 6.07) is 0. The molecule has 0 unspecified atom stereocenters. The first-order valence-electron chi connectivity index (χ1n) is 4.18. The van der Waals surface area contributed by atoms with Crippen LogP contribution in [0.2, 0.25) is 0 Å². The van der Waals surface area contributed by atoms with E-state index in [1.807, 2.05) is 0 Å². The molecule has 1 rings (SSSR count). The molecule has 0 aromatic rings. The Morgan fingerprint density at radius 1 is 0.650 bits per heavy atom. The summed E-state index contributed by atoms with van der Waals surface area (Å²) in [6.45, 7) is 0. The second-order valence-corrected chi connectivity index (χ2v) is 4.70. The third-order valence-electron chi connectivity index (χ3n) is 2.13. The molecular weight excluding hydrogens is 344 g/mol. The Bertz CT molecular complexity index is 399. The Morgan fingerprint density at radius 2 is 0.950 bits per heavy atom. The van der Waals surface area contributed by atoms with Crippen molar-refractivity contribution in [3.8, 4) is 0 Å². The largest absolute Gasteiger partial charge is 0.422 e. The van der Waals surface area contributed by atoms with Crippen LogP contribution in [0.15, 0.2) is 10.5 Å². The number of rotatable bonds is 0. The highest BCUT2D eigenvalue weighted by molar-refractivity contribution is 8.13. The van der Waals surface area contributed by atoms with Gasteiger partial charge in [0, 0.05) is 4.91 Å². The van der Waals surface area contributed by atoms with E-state index >= 15 is 0 Å². The van der Waals surface area contributed by atoms with Crippen molar-refractivity contribution in [2.24, 2.45) is 0 Å². The standard InChI is InChI=1S/C7F12S/c8-4(9,10)1(5(11,12)13)2-3(20-2,6(14,15)16)7(17,18)19. The lowest BCUT2D eigenvalue weighted by Gasteiger charge is -2.21. The molecule has 1 aliphatic heterocycles. The molecule has 0 amide bonds. The first kappa shape index (κ1) is 17.3. The van der Waals surface area contributed by atoms with Gasteiger partial charge in [0.1, 0.15) is 5.57 Å². The highest BCUT2D eigenvalue weighted by Crippen LogP contribution is 2.75. The van der Waals surface area contributed by atoms with Crippen LogP contribution in [0.3, 0.4) is 0 Å². The Kier molecular flexibility index (Phi) is 3.58. The van der Waals surface area contributed by atoms with Crippen molar-refractivity contribution >= 4 is 11.8 Å². The van der Waals surface area contributed by atoms with Crippen LogP contribution in [0, 0.1) is 0 Å². The van der Waals surface area contributed by atoms with Gasteiger partial charge in [-0.2, -0.15) is 52.7 Å². The number of halogens is 12. The quantitative estimate of drug-likeness (QED) is 0.441. The highest BCUT2D eigenvalue weighted by atomic mass is 32.2. The zero-order valence-corrected chi connectivity index (χ0v) is 9.26. The van der Waals surface area contributed by atoms with Crippen LogP contribution >= 0.6 is 11.8 Å². The van der Waals surface area contributed by atoms with Gasteiger partial charge in [-0.05, 0) is 0 Å². The van der Waals surface area contributed by atoms with Gasteiger partial charge in [0.05, 0.1) is 0 Å². The van der Waals surface area contributed by atoms with Gasteiger partial charge >= 0.3 is 24.7 Å². The van der Waals surface area contributed by atoms with Gasteiger partial charge in [0.15, 0.2) is 0 Å². The number of thioether (sulfide) groups is 1. The molecule has 0 saturated carbocycles. The molecule has 1 aliphatic rings. The van der Waals surface area contributed by atoms with Gasteiger partial charge in [-0.3, -0.25) is 0 Å². The smallest absolute Gasteiger partial charge is 0.169 e. The van der Waals surface area contributed by atoms with E-state index < -0.39 is 51.7 Å². The van der Waals surface area contributed by atoms with Crippen LogP contribution in [0.4, 0.5) is 52.7 Å². The van der Waals surface area contributed by atoms with Crippen molar-refractivity contribution in [1.29, 1.82) is 0 Å². The molecule has 0 atom stereocenters. The molecule has 0 nitrogen and oxygen atoms in total. The Balaban J connectivity index is 3.58. The van der Waals surface area contributed by atoms with E-state index in [1.54, 1.807) is 0 Å². The summed E-state index contributed by atoms with van der Waals surface area (Å²) < 4.78 is 141. The summed E-state index contributed by atoms with van der Waals surface area (Å²) in [6.07, 6.45) is -25.5. The summed E-state index contributed by atoms with van der Waals surface area (Å²) in [4.78, 5) is -2.84. The fraction of sp³-hybridized carbons (Fsp3) is 0.714. The lowest BCUT2D eigenvalue weighted by atomic mass is 10.0. The van der Waals surface area contributed by atoms with E-state index in [9.17, 15) is 52.7 Å². The van der Waals surface area contributed by atoms with Gasteiger partial charge in [0.2, 0.25) is 4.75 Å². The van der Waals surface area contributed by atoms with Crippen LogP contribution in [0.1, 0.15) is 0 Å². The van der Waals surface area contributed by atoms with Crippen molar-refractivity contribution in [2.75, 3.05) is 0 Å². The number of hydrogen-bond donors (Lipinski definition) is 0.